The van der Waals surface area contributed by atoms with Crippen molar-refractivity contribution >= 4 is 13.7 Å². The molecule has 0 aromatic carbocycles. The van der Waals surface area contributed by atoms with Crippen LogP contribution in [0.15, 0.2) is 0 Å². The number of phosphoric acid groups is 1. The smallest absolute Gasteiger partial charge is 0.390 e. The molecule has 0 aromatic rings. The second kappa shape index (κ2) is 38.1. The summed E-state index contributed by atoms with van der Waals surface area (Å²) in [7, 11) is 1.30. The van der Waals surface area contributed by atoms with Crippen LogP contribution in [0.25, 0.3) is 0 Å². The van der Waals surface area contributed by atoms with Crippen molar-refractivity contribution in [1.29, 1.82) is 0 Å². The molecule has 58 heavy (non-hydrogen) atoms. The number of likely N-dealkylation sites (N-methyl/N-ethyl adjacent to an activating group) is 1. The van der Waals surface area contributed by atoms with Crippen LogP contribution in [-0.4, -0.2) is 95.9 Å². The van der Waals surface area contributed by atoms with Crippen LogP contribution in [0.5, 0.6) is 0 Å². The van der Waals surface area contributed by atoms with E-state index < -0.39 is 44.7 Å². The van der Waals surface area contributed by atoms with E-state index >= 15 is 0 Å². The van der Waals surface area contributed by atoms with Crippen molar-refractivity contribution in [3.05, 3.63) is 0 Å². The average Bonchev–Trinajstić information content (AvgIpc) is 3.16. The minimum atomic E-state index is -4.49. The summed E-state index contributed by atoms with van der Waals surface area (Å²) in [6.45, 7) is 6.70. The highest BCUT2D eigenvalue weighted by atomic mass is 31.2. The first-order chi connectivity index (χ1) is 27.7. The van der Waals surface area contributed by atoms with Gasteiger partial charge in [-0.25, -0.2) is 4.57 Å². The van der Waals surface area contributed by atoms with Crippen molar-refractivity contribution in [2.45, 2.75) is 251 Å². The molecule has 348 valence electrons. The lowest BCUT2D eigenvalue weighted by molar-refractivity contribution is -0.870. The predicted octanol–water partition coefficient (Wildman–Crippen LogP) is 11.6. The molecule has 0 radical (unpaired) electrons. The van der Waals surface area contributed by atoms with Crippen LogP contribution >= 0.6 is 7.82 Å². The van der Waals surface area contributed by atoms with Gasteiger partial charge in [0.15, 0.2) is 0 Å². The monoisotopic (exact) mass is 850 g/mol. The maximum absolute atomic E-state index is 13.0. The van der Waals surface area contributed by atoms with Crippen molar-refractivity contribution in [3.63, 3.8) is 0 Å². The fourth-order valence-corrected chi connectivity index (χ4v) is 8.19. The highest BCUT2D eigenvalue weighted by molar-refractivity contribution is 7.47. The highest BCUT2D eigenvalue weighted by Crippen LogP contribution is 2.43. The molecule has 0 heterocycles. The molecule has 5 N–H and O–H groups in total. The van der Waals surface area contributed by atoms with Gasteiger partial charge in [-0.2, -0.15) is 0 Å². The van der Waals surface area contributed by atoms with E-state index in [4.69, 9.17) is 9.05 Å². The van der Waals surface area contributed by atoms with Gasteiger partial charge in [-0.3, -0.25) is 13.8 Å². The molecule has 0 rings (SSSR count). The van der Waals surface area contributed by atoms with E-state index in [1.807, 2.05) is 21.1 Å². The van der Waals surface area contributed by atoms with Crippen LogP contribution in [-0.2, 0) is 18.4 Å². The number of unbranched alkanes of at least 4 members (excludes halogenated alkanes) is 27. The van der Waals surface area contributed by atoms with Gasteiger partial charge < -0.3 is 30.0 Å². The first-order valence-corrected chi connectivity index (χ1v) is 25.9. The molecule has 10 nitrogen and oxygen atoms in total. The van der Waals surface area contributed by atoms with Crippen molar-refractivity contribution < 1.29 is 43.1 Å². The lowest BCUT2D eigenvalue weighted by Gasteiger charge is -2.29. The maximum atomic E-state index is 13.0. The summed E-state index contributed by atoms with van der Waals surface area (Å²) < 4.78 is 23.4. The van der Waals surface area contributed by atoms with Crippen LogP contribution in [0, 0.1) is 5.92 Å². The number of amides is 1. The van der Waals surface area contributed by atoms with E-state index in [2.05, 4.69) is 26.1 Å². The second-order valence-electron chi connectivity index (χ2n) is 19.0. The largest absolute Gasteiger partial charge is 0.472 e. The van der Waals surface area contributed by atoms with E-state index in [0.717, 1.165) is 44.4 Å². The summed E-state index contributed by atoms with van der Waals surface area (Å²) in [6.07, 6.45) is 33.9. The number of aliphatic hydroxyl groups is 3. The maximum Gasteiger partial charge on any atom is 0.472 e. The van der Waals surface area contributed by atoms with Gasteiger partial charge in [-0.05, 0) is 18.8 Å². The average molecular weight is 850 g/mol. The minimum absolute atomic E-state index is 0.0182. The van der Waals surface area contributed by atoms with Gasteiger partial charge in [0.2, 0.25) is 5.91 Å². The Morgan fingerprint density at radius 3 is 1.31 bits per heavy atom. The van der Waals surface area contributed by atoms with Gasteiger partial charge >= 0.3 is 7.82 Å². The number of quaternary nitrogens is 1. The molecule has 0 saturated heterocycles. The Bertz CT molecular complexity index is 966. The molecule has 0 fully saturated rings. The molecular weight excluding hydrogens is 751 g/mol. The zero-order chi connectivity index (χ0) is 43.3. The molecule has 0 spiro atoms. The Morgan fingerprint density at radius 1 is 0.569 bits per heavy atom. The van der Waals surface area contributed by atoms with E-state index in [1.165, 1.54) is 141 Å². The first-order valence-electron chi connectivity index (χ1n) is 24.5. The Labute approximate surface area is 358 Å². The topological polar surface area (TPSA) is 146 Å². The van der Waals surface area contributed by atoms with Crippen LogP contribution in [0.2, 0.25) is 0 Å². The second-order valence-corrected chi connectivity index (χ2v) is 20.4. The number of rotatable bonds is 44. The summed E-state index contributed by atoms with van der Waals surface area (Å²) >= 11 is 0. The zero-order valence-electron chi connectivity index (χ0n) is 39.0. The molecule has 0 aliphatic rings. The lowest BCUT2D eigenvalue weighted by atomic mass is 9.99. The van der Waals surface area contributed by atoms with Crippen LogP contribution in [0.3, 0.4) is 0 Å². The molecule has 0 bridgehead atoms. The molecule has 11 heteroatoms. The summed E-state index contributed by atoms with van der Waals surface area (Å²) in [5, 5.41) is 35.2. The SMILES string of the molecule is CCCCCCCCCCCCCCCCCCCCCCCC(O)C(=O)N[C@@H](COP(=O)(O)OCC[N+](C)(C)C)[C@H](O)[C@H](O)CCCCCCCCCCC(C)C. The number of carbonyl (C=O) groups is 1. The number of hydrogen-bond donors (Lipinski definition) is 5. The van der Waals surface area contributed by atoms with Crippen molar-refractivity contribution in [3.8, 4) is 0 Å². The number of nitrogens with zero attached hydrogens (tertiary/aromatic N) is 1. The minimum Gasteiger partial charge on any atom is -0.390 e. The van der Waals surface area contributed by atoms with Crippen LogP contribution in [0.1, 0.15) is 226 Å². The van der Waals surface area contributed by atoms with Gasteiger partial charge in [0.05, 0.1) is 39.9 Å². The Kier molecular flexibility index (Phi) is 37.7. The molecule has 0 aliphatic carbocycles. The molecule has 0 saturated carbocycles. The number of aliphatic hydroxyl groups excluding tert-OH is 3. The fraction of sp³-hybridized carbons (Fsp3) is 0.979. The molecule has 0 aromatic heterocycles. The lowest BCUT2D eigenvalue weighted by Crippen LogP contribution is -2.53. The Hall–Kier alpha value is -0.580. The molecule has 1 amide bonds. The number of nitrogens with one attached hydrogen (secondary N) is 1. The van der Waals surface area contributed by atoms with E-state index in [9.17, 15) is 29.6 Å². The summed E-state index contributed by atoms with van der Waals surface area (Å²) in [5.74, 6) is 0.0637. The third kappa shape index (κ3) is 38.3. The van der Waals surface area contributed by atoms with Gasteiger partial charge in [0.1, 0.15) is 25.4 Å². The molecule has 2 unspecified atom stereocenters. The fourth-order valence-electron chi connectivity index (χ4n) is 7.45. The number of phosphoric ester groups is 1. The standard InChI is InChI=1S/C47H97N2O8P/c1-7-8-9-10-11-12-13-14-15-16-17-18-19-20-21-22-23-24-29-32-35-38-45(51)47(53)48-43(41-57-58(54,55)56-40-39-49(4,5)6)46(52)44(50)37-34-31-28-26-25-27-30-33-36-42(2)3/h42-46,50-52H,7-41H2,1-6H3,(H-,48,53,54,55)/p+1/t43-,44+,45?,46-/m0/s1. The molecular formula is C47H98N2O8P+. The Balaban J connectivity index is 4.41. The summed E-state index contributed by atoms with van der Waals surface area (Å²) in [6, 6.07) is -1.20. The predicted molar refractivity (Wildman–Crippen MR) is 243 cm³/mol. The third-order valence-electron chi connectivity index (χ3n) is 11.5. The van der Waals surface area contributed by atoms with Crippen molar-refractivity contribution in [2.24, 2.45) is 5.92 Å². The zero-order valence-corrected chi connectivity index (χ0v) is 39.8. The molecule has 0 aliphatic heterocycles. The van der Waals surface area contributed by atoms with Crippen molar-refractivity contribution in [1.82, 2.24) is 5.32 Å². The van der Waals surface area contributed by atoms with Crippen molar-refractivity contribution in [2.75, 3.05) is 40.9 Å². The van der Waals surface area contributed by atoms with Crippen LogP contribution < -0.4 is 5.32 Å². The van der Waals surface area contributed by atoms with E-state index in [0.29, 0.717) is 30.3 Å². The van der Waals surface area contributed by atoms with Gasteiger partial charge in [0.25, 0.3) is 0 Å². The number of hydrogen-bond acceptors (Lipinski definition) is 7. The number of carbonyl (C=O) groups excluding carboxylic acids is 1. The Morgan fingerprint density at radius 2 is 0.931 bits per heavy atom. The third-order valence-corrected chi connectivity index (χ3v) is 12.5. The normalized spacial score (nSPS) is 15.4. The highest BCUT2D eigenvalue weighted by Gasteiger charge is 2.33. The quantitative estimate of drug-likeness (QED) is 0.0231. The summed E-state index contributed by atoms with van der Waals surface area (Å²) in [4.78, 5) is 23.3. The van der Waals surface area contributed by atoms with Crippen LogP contribution in [0.4, 0.5) is 0 Å². The van der Waals surface area contributed by atoms with E-state index in [1.54, 1.807) is 0 Å². The first kappa shape index (κ1) is 57.4. The molecule has 5 atom stereocenters. The van der Waals surface area contributed by atoms with Gasteiger partial charge in [-0.1, -0.05) is 213 Å². The van der Waals surface area contributed by atoms with Gasteiger partial charge in [0, 0.05) is 0 Å². The summed E-state index contributed by atoms with van der Waals surface area (Å²) in [5.41, 5.74) is 0. The van der Waals surface area contributed by atoms with E-state index in [-0.39, 0.29) is 13.0 Å². The van der Waals surface area contributed by atoms with Gasteiger partial charge in [-0.15, -0.1) is 0 Å².